The zero-order valence-electron chi connectivity index (χ0n) is 38.1. The number of unbranched alkanes of at least 4 members (excludes halogenated alkanes) is 30. The second-order valence-corrected chi connectivity index (χ2v) is 16.7. The maximum Gasteiger partial charge on any atom is 0.306 e. The third-order valence-corrected chi connectivity index (χ3v) is 10.9. The van der Waals surface area contributed by atoms with Crippen molar-refractivity contribution in [2.24, 2.45) is 0 Å². The van der Waals surface area contributed by atoms with Crippen LogP contribution < -0.4 is 0 Å². The highest BCUT2D eigenvalue weighted by atomic mass is 16.6. The zero-order chi connectivity index (χ0) is 41.5. The number of rotatable bonds is 45. The van der Waals surface area contributed by atoms with Crippen LogP contribution in [0.4, 0.5) is 0 Å². The molecule has 0 unspecified atom stereocenters. The fourth-order valence-corrected chi connectivity index (χ4v) is 7.14. The van der Waals surface area contributed by atoms with Gasteiger partial charge in [0.15, 0.2) is 6.10 Å². The highest BCUT2D eigenvalue weighted by Gasteiger charge is 2.19. The highest BCUT2D eigenvalue weighted by molar-refractivity contribution is 5.71. The Balaban J connectivity index is 4.37. The normalized spacial score (nSPS) is 12.1. The van der Waals surface area contributed by atoms with E-state index < -0.39 is 6.10 Å². The van der Waals surface area contributed by atoms with Crippen molar-refractivity contribution < 1.29 is 28.6 Å². The van der Waals surface area contributed by atoms with E-state index in [4.69, 9.17) is 14.2 Å². The number of carbonyl (C=O) groups excluding carboxylic acids is 3. The van der Waals surface area contributed by atoms with Gasteiger partial charge in [-0.1, -0.05) is 199 Å². The Morgan fingerprint density at radius 2 is 0.579 bits per heavy atom. The summed E-state index contributed by atoms with van der Waals surface area (Å²) >= 11 is 0. The topological polar surface area (TPSA) is 78.9 Å². The fraction of sp³-hybridized carbons (Fsp3) is 0.863. The molecule has 0 N–H and O–H groups in total. The van der Waals surface area contributed by atoms with Crippen molar-refractivity contribution in [2.45, 2.75) is 271 Å². The van der Waals surface area contributed by atoms with Gasteiger partial charge in [0.1, 0.15) is 13.2 Å². The number of hydrogen-bond donors (Lipinski definition) is 0. The third kappa shape index (κ3) is 44.8. The molecule has 0 spiro atoms. The van der Waals surface area contributed by atoms with Gasteiger partial charge in [0.2, 0.25) is 0 Å². The average molecular weight is 803 g/mol. The highest BCUT2D eigenvalue weighted by Crippen LogP contribution is 2.15. The lowest BCUT2D eigenvalue weighted by molar-refractivity contribution is -0.167. The van der Waals surface area contributed by atoms with E-state index in [2.05, 4.69) is 45.1 Å². The van der Waals surface area contributed by atoms with Crippen molar-refractivity contribution in [3.05, 3.63) is 24.3 Å². The molecule has 0 rings (SSSR count). The number of hydrogen-bond acceptors (Lipinski definition) is 6. The van der Waals surface area contributed by atoms with Gasteiger partial charge in [-0.2, -0.15) is 0 Å². The van der Waals surface area contributed by atoms with Gasteiger partial charge in [-0.05, 0) is 70.6 Å². The summed E-state index contributed by atoms with van der Waals surface area (Å²) in [4.78, 5) is 37.8. The van der Waals surface area contributed by atoms with Gasteiger partial charge < -0.3 is 14.2 Å². The van der Waals surface area contributed by atoms with Gasteiger partial charge in [0.05, 0.1) is 0 Å². The molecule has 0 aromatic carbocycles. The monoisotopic (exact) mass is 803 g/mol. The first kappa shape index (κ1) is 54.9. The molecule has 1 atom stereocenters. The van der Waals surface area contributed by atoms with Crippen LogP contribution in [0, 0.1) is 0 Å². The van der Waals surface area contributed by atoms with E-state index >= 15 is 0 Å². The minimum Gasteiger partial charge on any atom is -0.462 e. The average Bonchev–Trinajstić information content (AvgIpc) is 3.21. The van der Waals surface area contributed by atoms with Gasteiger partial charge in [0.25, 0.3) is 0 Å². The summed E-state index contributed by atoms with van der Waals surface area (Å²) in [7, 11) is 0. The summed E-state index contributed by atoms with van der Waals surface area (Å²) in [5.74, 6) is -0.883. The molecule has 6 nitrogen and oxygen atoms in total. The van der Waals surface area contributed by atoms with Gasteiger partial charge in [-0.25, -0.2) is 0 Å². The lowest BCUT2D eigenvalue weighted by Gasteiger charge is -2.18. The standard InChI is InChI=1S/C51H94O6/c1-4-7-10-13-16-19-22-25-28-31-34-37-40-43-49(52)55-46-48(57-51(54)45-42-39-36-33-30-27-24-21-18-15-12-9-6-3)47-56-50(53)44-41-38-35-32-29-26-23-20-17-14-11-8-5-2/h19,21-22,24,48H,4-18,20,23,25-47H2,1-3H3/t48-/m1/s1. The Labute approximate surface area is 353 Å². The SMILES string of the molecule is CCCCCCC=CCCCCCCCC(=O)OC[C@H](COC(=O)CCCCCCCCCCCCCCC)OC(=O)CCCCCCCC=CCCCCCC. The summed E-state index contributed by atoms with van der Waals surface area (Å²) in [6, 6.07) is 0. The number of carbonyl (C=O) groups is 3. The van der Waals surface area contributed by atoms with Gasteiger partial charge in [-0.3, -0.25) is 14.4 Å². The summed E-state index contributed by atoms with van der Waals surface area (Å²) in [6.45, 7) is 6.61. The van der Waals surface area contributed by atoms with Crippen molar-refractivity contribution in [2.75, 3.05) is 13.2 Å². The van der Waals surface area contributed by atoms with Crippen LogP contribution in [0.25, 0.3) is 0 Å². The first-order chi connectivity index (χ1) is 28.0. The van der Waals surface area contributed by atoms with Crippen molar-refractivity contribution in [1.82, 2.24) is 0 Å². The van der Waals surface area contributed by atoms with E-state index in [9.17, 15) is 14.4 Å². The molecule has 334 valence electrons. The molecule has 0 bridgehead atoms. The number of allylic oxidation sites excluding steroid dienone is 4. The Hall–Kier alpha value is -2.11. The first-order valence-electron chi connectivity index (χ1n) is 24.8. The van der Waals surface area contributed by atoms with Crippen molar-refractivity contribution in [3.63, 3.8) is 0 Å². The molecule has 0 saturated carbocycles. The van der Waals surface area contributed by atoms with E-state index in [1.807, 2.05) is 0 Å². The van der Waals surface area contributed by atoms with Gasteiger partial charge in [-0.15, -0.1) is 0 Å². The van der Waals surface area contributed by atoms with Gasteiger partial charge in [0, 0.05) is 19.3 Å². The van der Waals surface area contributed by atoms with Crippen molar-refractivity contribution >= 4 is 17.9 Å². The maximum absolute atomic E-state index is 12.7. The molecular formula is C51H94O6. The van der Waals surface area contributed by atoms with E-state index in [0.717, 1.165) is 70.6 Å². The summed E-state index contributed by atoms with van der Waals surface area (Å²) in [5, 5.41) is 0. The van der Waals surface area contributed by atoms with E-state index in [1.165, 1.54) is 154 Å². The Bertz CT molecular complexity index is 927. The third-order valence-electron chi connectivity index (χ3n) is 10.9. The van der Waals surface area contributed by atoms with Crippen LogP contribution in [0.1, 0.15) is 265 Å². The Morgan fingerprint density at radius 1 is 0.333 bits per heavy atom. The molecule has 57 heavy (non-hydrogen) atoms. The summed E-state index contributed by atoms with van der Waals surface area (Å²) < 4.78 is 16.8. The lowest BCUT2D eigenvalue weighted by atomic mass is 10.0. The molecule has 0 fully saturated rings. The maximum atomic E-state index is 12.7. The van der Waals surface area contributed by atoms with Crippen LogP contribution in [0.3, 0.4) is 0 Å². The zero-order valence-corrected chi connectivity index (χ0v) is 38.1. The summed E-state index contributed by atoms with van der Waals surface area (Å²) in [5.41, 5.74) is 0. The first-order valence-corrected chi connectivity index (χ1v) is 24.8. The van der Waals surface area contributed by atoms with Crippen LogP contribution in [-0.4, -0.2) is 37.2 Å². The second kappa shape index (κ2) is 46.6. The molecule has 0 aliphatic rings. The molecule has 0 amide bonds. The molecular weight excluding hydrogens is 709 g/mol. The molecule has 0 aromatic rings. The predicted octanol–water partition coefficient (Wildman–Crippen LogP) is 16.0. The molecule has 0 aromatic heterocycles. The van der Waals surface area contributed by atoms with Crippen LogP contribution in [-0.2, 0) is 28.6 Å². The molecule has 0 aliphatic carbocycles. The minimum atomic E-state index is -0.773. The Morgan fingerprint density at radius 3 is 0.895 bits per heavy atom. The van der Waals surface area contributed by atoms with E-state index in [-0.39, 0.29) is 31.1 Å². The largest absolute Gasteiger partial charge is 0.462 e. The molecule has 0 radical (unpaired) electrons. The fourth-order valence-electron chi connectivity index (χ4n) is 7.14. The second-order valence-electron chi connectivity index (χ2n) is 16.7. The van der Waals surface area contributed by atoms with Crippen molar-refractivity contribution in [1.29, 1.82) is 0 Å². The van der Waals surface area contributed by atoms with E-state index in [0.29, 0.717) is 19.3 Å². The lowest BCUT2D eigenvalue weighted by Crippen LogP contribution is -2.30. The molecule has 0 aliphatic heterocycles. The number of esters is 3. The van der Waals surface area contributed by atoms with Crippen LogP contribution in [0.5, 0.6) is 0 Å². The van der Waals surface area contributed by atoms with Crippen LogP contribution in [0.2, 0.25) is 0 Å². The van der Waals surface area contributed by atoms with Crippen LogP contribution in [0.15, 0.2) is 24.3 Å². The van der Waals surface area contributed by atoms with Crippen LogP contribution >= 0.6 is 0 Å². The quantitative estimate of drug-likeness (QED) is 0.0264. The van der Waals surface area contributed by atoms with Gasteiger partial charge >= 0.3 is 17.9 Å². The molecule has 0 saturated heterocycles. The Kier molecular flexibility index (Phi) is 44.9. The smallest absolute Gasteiger partial charge is 0.306 e. The van der Waals surface area contributed by atoms with E-state index in [1.54, 1.807) is 0 Å². The minimum absolute atomic E-state index is 0.0738. The molecule has 0 heterocycles. The van der Waals surface area contributed by atoms with Crippen molar-refractivity contribution in [3.8, 4) is 0 Å². The molecule has 6 heteroatoms. The summed E-state index contributed by atoms with van der Waals surface area (Å²) in [6.07, 6.45) is 51.5. The number of ether oxygens (including phenoxy) is 3. The predicted molar refractivity (Wildman–Crippen MR) is 243 cm³/mol.